The van der Waals surface area contributed by atoms with E-state index in [0.717, 1.165) is 36.1 Å². The highest BCUT2D eigenvalue weighted by Crippen LogP contribution is 2.35. The lowest BCUT2D eigenvalue weighted by Gasteiger charge is -2.19. The zero-order valence-electron chi connectivity index (χ0n) is 12.6. The van der Waals surface area contributed by atoms with E-state index >= 15 is 0 Å². The quantitative estimate of drug-likeness (QED) is 0.832. The summed E-state index contributed by atoms with van der Waals surface area (Å²) in [4.78, 5) is 11.1. The summed E-state index contributed by atoms with van der Waals surface area (Å²) in [5.41, 5.74) is 2.50. The number of aryl methyl sites for hydroxylation is 1. The van der Waals surface area contributed by atoms with Gasteiger partial charge in [0.2, 0.25) is 0 Å². The van der Waals surface area contributed by atoms with E-state index in [0.29, 0.717) is 31.0 Å². The van der Waals surface area contributed by atoms with Crippen molar-refractivity contribution in [3.8, 4) is 11.5 Å². The largest absolute Gasteiger partial charge is 0.490 e. The number of carboxylic acids is 1. The van der Waals surface area contributed by atoms with E-state index in [-0.39, 0.29) is 0 Å². The van der Waals surface area contributed by atoms with Crippen LogP contribution in [0.3, 0.4) is 0 Å². The molecule has 0 saturated carbocycles. The molecule has 21 heavy (non-hydrogen) atoms. The fourth-order valence-electron chi connectivity index (χ4n) is 2.32. The number of aliphatic carboxylic acids is 1. The van der Waals surface area contributed by atoms with Crippen molar-refractivity contribution in [2.75, 3.05) is 13.2 Å². The Morgan fingerprint density at radius 1 is 1.10 bits per heavy atom. The van der Waals surface area contributed by atoms with E-state index in [9.17, 15) is 4.79 Å². The van der Waals surface area contributed by atoms with Gasteiger partial charge in [-0.2, -0.15) is 0 Å². The van der Waals surface area contributed by atoms with Crippen LogP contribution in [0.2, 0.25) is 0 Å². The molecule has 0 atom stereocenters. The molecule has 1 aliphatic carbocycles. The lowest BCUT2D eigenvalue weighted by Crippen LogP contribution is -2.09. The number of fused-ring (bicyclic) bond motifs is 1. The standard InChI is InChI=1S/C17H22O4/c1-3-7-20-15-10-12-5-6-13(17(18)19)9-14(12)11-16(15)21-8-4-2/h9-11H,3-8H2,1-2H3,(H,18,19). The van der Waals surface area contributed by atoms with Crippen molar-refractivity contribution in [1.29, 1.82) is 0 Å². The second-order valence-corrected chi connectivity index (χ2v) is 5.17. The van der Waals surface area contributed by atoms with Crippen LogP contribution in [0.15, 0.2) is 17.7 Å². The van der Waals surface area contributed by atoms with E-state index in [1.807, 2.05) is 19.1 Å². The van der Waals surface area contributed by atoms with Gasteiger partial charge in [-0.1, -0.05) is 13.8 Å². The third kappa shape index (κ3) is 3.78. The highest BCUT2D eigenvalue weighted by molar-refractivity contribution is 5.93. The maximum absolute atomic E-state index is 11.1. The fourth-order valence-corrected chi connectivity index (χ4v) is 2.32. The number of rotatable bonds is 7. The van der Waals surface area contributed by atoms with Gasteiger partial charge in [0.15, 0.2) is 11.5 Å². The molecular weight excluding hydrogens is 268 g/mol. The minimum Gasteiger partial charge on any atom is -0.490 e. The lowest BCUT2D eigenvalue weighted by molar-refractivity contribution is -0.132. The summed E-state index contributed by atoms with van der Waals surface area (Å²) in [7, 11) is 0. The van der Waals surface area contributed by atoms with Crippen LogP contribution >= 0.6 is 0 Å². The van der Waals surface area contributed by atoms with Gasteiger partial charge in [-0.25, -0.2) is 4.79 Å². The topological polar surface area (TPSA) is 55.8 Å². The number of hydrogen-bond donors (Lipinski definition) is 1. The third-order valence-electron chi connectivity index (χ3n) is 3.40. The maximum Gasteiger partial charge on any atom is 0.331 e. The molecule has 114 valence electrons. The molecule has 0 unspecified atom stereocenters. The van der Waals surface area contributed by atoms with Gasteiger partial charge in [-0.05, 0) is 55.0 Å². The fraction of sp³-hybridized carbons (Fsp3) is 0.471. The molecule has 0 bridgehead atoms. The predicted octanol–water partition coefficient (Wildman–Crippen LogP) is 3.68. The number of ether oxygens (including phenoxy) is 2. The highest BCUT2D eigenvalue weighted by atomic mass is 16.5. The molecule has 0 radical (unpaired) electrons. The summed E-state index contributed by atoms with van der Waals surface area (Å²) in [6.07, 6.45) is 4.88. The van der Waals surface area contributed by atoms with Crippen molar-refractivity contribution in [3.05, 3.63) is 28.8 Å². The molecule has 0 fully saturated rings. The first-order valence-corrected chi connectivity index (χ1v) is 7.52. The summed E-state index contributed by atoms with van der Waals surface area (Å²) in [5.74, 6) is 0.617. The van der Waals surface area contributed by atoms with Crippen molar-refractivity contribution in [2.24, 2.45) is 0 Å². The molecular formula is C17H22O4. The first-order valence-electron chi connectivity index (χ1n) is 7.52. The molecule has 0 heterocycles. The Morgan fingerprint density at radius 3 is 2.29 bits per heavy atom. The van der Waals surface area contributed by atoms with E-state index in [1.165, 1.54) is 0 Å². The molecule has 2 rings (SSSR count). The van der Waals surface area contributed by atoms with Gasteiger partial charge < -0.3 is 14.6 Å². The van der Waals surface area contributed by atoms with Crippen LogP contribution in [0.1, 0.15) is 44.2 Å². The first-order chi connectivity index (χ1) is 10.2. The van der Waals surface area contributed by atoms with Crippen LogP contribution in [0.5, 0.6) is 11.5 Å². The first kappa shape index (κ1) is 15.4. The van der Waals surface area contributed by atoms with Crippen LogP contribution in [0, 0.1) is 0 Å². The second-order valence-electron chi connectivity index (χ2n) is 5.17. The van der Waals surface area contributed by atoms with Crippen molar-refractivity contribution >= 4 is 12.0 Å². The van der Waals surface area contributed by atoms with Crippen LogP contribution < -0.4 is 9.47 Å². The Balaban J connectivity index is 2.34. The van der Waals surface area contributed by atoms with E-state index < -0.39 is 5.97 Å². The normalized spacial score (nSPS) is 13.3. The average molecular weight is 290 g/mol. The lowest BCUT2D eigenvalue weighted by atomic mass is 9.92. The molecule has 1 aromatic rings. The predicted molar refractivity (Wildman–Crippen MR) is 81.9 cm³/mol. The van der Waals surface area contributed by atoms with Crippen molar-refractivity contribution < 1.29 is 19.4 Å². The smallest absolute Gasteiger partial charge is 0.331 e. The van der Waals surface area contributed by atoms with Gasteiger partial charge in [0.05, 0.1) is 13.2 Å². The number of carboxylic acid groups (broad SMARTS) is 1. The van der Waals surface area contributed by atoms with Gasteiger partial charge in [-0.3, -0.25) is 0 Å². The molecule has 4 heteroatoms. The van der Waals surface area contributed by atoms with Crippen molar-refractivity contribution in [3.63, 3.8) is 0 Å². The van der Waals surface area contributed by atoms with Gasteiger partial charge in [-0.15, -0.1) is 0 Å². The Hall–Kier alpha value is -1.97. The Bertz CT molecular complexity index is 546. The summed E-state index contributed by atoms with van der Waals surface area (Å²) in [6.45, 7) is 5.38. The third-order valence-corrected chi connectivity index (χ3v) is 3.40. The highest BCUT2D eigenvalue weighted by Gasteiger charge is 2.18. The molecule has 0 saturated heterocycles. The van der Waals surface area contributed by atoms with Gasteiger partial charge in [0.25, 0.3) is 0 Å². The Kier molecular flexibility index (Phi) is 5.26. The zero-order chi connectivity index (χ0) is 15.2. The van der Waals surface area contributed by atoms with E-state index in [4.69, 9.17) is 14.6 Å². The monoisotopic (exact) mass is 290 g/mol. The van der Waals surface area contributed by atoms with E-state index in [2.05, 4.69) is 6.92 Å². The molecule has 0 aromatic heterocycles. The SMILES string of the molecule is CCCOc1cc2c(cc1OCCC)CCC(C(=O)O)=C2. The molecule has 0 aliphatic heterocycles. The molecule has 1 aromatic carbocycles. The molecule has 1 N–H and O–H groups in total. The van der Waals surface area contributed by atoms with Gasteiger partial charge in [0, 0.05) is 5.57 Å². The van der Waals surface area contributed by atoms with Crippen LogP contribution in [-0.2, 0) is 11.2 Å². The molecule has 0 amide bonds. The molecule has 0 spiro atoms. The van der Waals surface area contributed by atoms with Crippen molar-refractivity contribution in [1.82, 2.24) is 0 Å². The zero-order valence-corrected chi connectivity index (χ0v) is 12.6. The van der Waals surface area contributed by atoms with Crippen molar-refractivity contribution in [2.45, 2.75) is 39.5 Å². The van der Waals surface area contributed by atoms with Gasteiger partial charge in [0.1, 0.15) is 0 Å². The van der Waals surface area contributed by atoms with Crippen LogP contribution in [0.25, 0.3) is 6.08 Å². The number of hydrogen-bond acceptors (Lipinski definition) is 3. The maximum atomic E-state index is 11.1. The molecule has 1 aliphatic rings. The van der Waals surface area contributed by atoms with Gasteiger partial charge >= 0.3 is 5.97 Å². The second kappa shape index (κ2) is 7.16. The number of carbonyl (C=O) groups is 1. The number of benzene rings is 1. The Morgan fingerprint density at radius 2 is 1.71 bits per heavy atom. The van der Waals surface area contributed by atoms with Crippen LogP contribution in [0.4, 0.5) is 0 Å². The average Bonchev–Trinajstić information content (AvgIpc) is 2.49. The summed E-state index contributed by atoms with van der Waals surface area (Å²) in [5, 5.41) is 9.12. The van der Waals surface area contributed by atoms with E-state index in [1.54, 1.807) is 6.08 Å². The summed E-state index contributed by atoms with van der Waals surface area (Å²) >= 11 is 0. The minimum absolute atomic E-state index is 0.450. The summed E-state index contributed by atoms with van der Waals surface area (Å²) < 4.78 is 11.5. The molecule has 4 nitrogen and oxygen atoms in total. The minimum atomic E-state index is -0.844. The van der Waals surface area contributed by atoms with Crippen LogP contribution in [-0.4, -0.2) is 24.3 Å². The summed E-state index contributed by atoms with van der Waals surface area (Å²) in [6, 6.07) is 3.89. The Labute approximate surface area is 125 Å².